The van der Waals surface area contributed by atoms with Crippen molar-refractivity contribution in [1.29, 1.82) is 0 Å². The molecule has 0 saturated heterocycles. The molecule has 17 heavy (non-hydrogen) atoms. The van der Waals surface area contributed by atoms with Gasteiger partial charge >= 0.3 is 0 Å². The summed E-state index contributed by atoms with van der Waals surface area (Å²) < 4.78 is 5.59. The lowest BCUT2D eigenvalue weighted by Crippen LogP contribution is -2.14. The molecular formula is C13H19NO3. The van der Waals surface area contributed by atoms with Crippen LogP contribution in [-0.4, -0.2) is 23.7 Å². The Bertz CT molecular complexity index is 363. The first kappa shape index (κ1) is 13.5. The molecule has 2 N–H and O–H groups in total. The smallest absolute Gasteiger partial charge is 0.224 e. The summed E-state index contributed by atoms with van der Waals surface area (Å²) in [4.78, 5) is 11.5. The molecule has 0 heterocycles. The minimum atomic E-state index is -0.112. The number of ether oxygens (including phenoxy) is 1. The van der Waals surface area contributed by atoms with Gasteiger partial charge in [-0.15, -0.1) is 0 Å². The van der Waals surface area contributed by atoms with Crippen LogP contribution in [0.3, 0.4) is 0 Å². The van der Waals surface area contributed by atoms with Crippen LogP contribution in [0.5, 0.6) is 5.75 Å². The number of rotatable bonds is 6. The Balaban J connectivity index is 2.66. The van der Waals surface area contributed by atoms with Crippen LogP contribution in [0.15, 0.2) is 24.3 Å². The van der Waals surface area contributed by atoms with E-state index in [2.05, 4.69) is 5.32 Å². The summed E-state index contributed by atoms with van der Waals surface area (Å²) in [6.07, 6.45) is 0.844. The molecule has 1 rings (SSSR count). The fraction of sp³-hybridized carbons (Fsp3) is 0.462. The van der Waals surface area contributed by atoms with Crippen LogP contribution in [0.1, 0.15) is 26.7 Å². The second-order valence-electron chi connectivity index (χ2n) is 4.04. The van der Waals surface area contributed by atoms with Crippen molar-refractivity contribution in [3.8, 4) is 5.75 Å². The number of hydrogen-bond acceptors (Lipinski definition) is 3. The molecule has 0 spiro atoms. The lowest BCUT2D eigenvalue weighted by atomic mass is 10.2. The topological polar surface area (TPSA) is 58.6 Å². The third-order valence-corrected chi connectivity index (χ3v) is 2.09. The molecule has 0 aliphatic carbocycles. The maximum absolute atomic E-state index is 11.5. The van der Waals surface area contributed by atoms with E-state index in [1.165, 1.54) is 0 Å². The van der Waals surface area contributed by atoms with Gasteiger partial charge in [-0.25, -0.2) is 0 Å². The molecule has 0 aliphatic rings. The zero-order valence-corrected chi connectivity index (χ0v) is 10.3. The molecular weight excluding hydrogens is 218 g/mol. The van der Waals surface area contributed by atoms with Gasteiger partial charge < -0.3 is 15.2 Å². The van der Waals surface area contributed by atoms with E-state index in [4.69, 9.17) is 9.84 Å². The Labute approximate surface area is 102 Å². The second kappa shape index (κ2) is 6.91. The van der Waals surface area contributed by atoms with Gasteiger partial charge in [0.05, 0.1) is 11.8 Å². The average molecular weight is 237 g/mol. The quantitative estimate of drug-likeness (QED) is 0.797. The van der Waals surface area contributed by atoms with E-state index in [1.807, 2.05) is 32.0 Å². The highest BCUT2D eigenvalue weighted by atomic mass is 16.5. The van der Waals surface area contributed by atoms with Gasteiger partial charge in [-0.2, -0.15) is 0 Å². The van der Waals surface area contributed by atoms with Crippen molar-refractivity contribution in [3.05, 3.63) is 24.3 Å². The number of anilines is 1. The molecule has 0 fully saturated rings. The van der Waals surface area contributed by atoms with Crippen molar-refractivity contribution in [1.82, 2.24) is 0 Å². The van der Waals surface area contributed by atoms with Gasteiger partial charge in [0.2, 0.25) is 5.91 Å². The molecule has 1 aromatic rings. The molecule has 0 saturated carbocycles. The van der Waals surface area contributed by atoms with Gasteiger partial charge in [0.15, 0.2) is 0 Å². The van der Waals surface area contributed by atoms with Crippen LogP contribution in [0, 0.1) is 0 Å². The normalized spacial score (nSPS) is 10.4. The molecule has 0 radical (unpaired) electrons. The highest BCUT2D eigenvalue weighted by molar-refractivity contribution is 5.92. The monoisotopic (exact) mass is 237 g/mol. The molecule has 0 aromatic heterocycles. The number of para-hydroxylation sites is 2. The lowest BCUT2D eigenvalue weighted by molar-refractivity contribution is -0.116. The highest BCUT2D eigenvalue weighted by Gasteiger charge is 2.08. The average Bonchev–Trinajstić information content (AvgIpc) is 2.28. The standard InChI is InChI=1S/C13H19NO3/c1-10(2)17-12-7-4-3-6-11(12)14-13(16)8-5-9-15/h3-4,6-7,10,15H,5,8-9H2,1-2H3,(H,14,16). The number of carbonyl (C=O) groups is 1. The Morgan fingerprint density at radius 3 is 2.76 bits per heavy atom. The summed E-state index contributed by atoms with van der Waals surface area (Å²) in [7, 11) is 0. The van der Waals surface area contributed by atoms with Gasteiger partial charge in [0.1, 0.15) is 5.75 Å². The van der Waals surface area contributed by atoms with Gasteiger partial charge in [0.25, 0.3) is 0 Å². The van der Waals surface area contributed by atoms with Crippen LogP contribution in [-0.2, 0) is 4.79 Å². The number of amides is 1. The summed E-state index contributed by atoms with van der Waals surface area (Å²) >= 11 is 0. The molecule has 4 heteroatoms. The first-order valence-electron chi connectivity index (χ1n) is 5.80. The molecule has 94 valence electrons. The van der Waals surface area contributed by atoms with Crippen molar-refractivity contribution >= 4 is 11.6 Å². The van der Waals surface area contributed by atoms with Crippen LogP contribution in [0.25, 0.3) is 0 Å². The molecule has 0 aliphatic heterocycles. The van der Waals surface area contributed by atoms with Gasteiger partial charge in [0, 0.05) is 13.0 Å². The molecule has 0 unspecified atom stereocenters. The van der Waals surface area contributed by atoms with E-state index in [9.17, 15) is 4.79 Å². The number of aliphatic hydroxyl groups excluding tert-OH is 1. The fourth-order valence-corrected chi connectivity index (χ4v) is 1.38. The zero-order chi connectivity index (χ0) is 12.7. The van der Waals surface area contributed by atoms with Crippen LogP contribution in [0.2, 0.25) is 0 Å². The lowest BCUT2D eigenvalue weighted by Gasteiger charge is -2.14. The second-order valence-corrected chi connectivity index (χ2v) is 4.04. The van der Waals surface area contributed by atoms with Crippen molar-refractivity contribution in [2.45, 2.75) is 32.8 Å². The SMILES string of the molecule is CC(C)Oc1ccccc1NC(=O)CCCO. The molecule has 4 nitrogen and oxygen atoms in total. The van der Waals surface area contributed by atoms with E-state index in [0.717, 1.165) is 0 Å². The predicted octanol–water partition coefficient (Wildman–Crippen LogP) is 2.18. The Morgan fingerprint density at radius 2 is 2.12 bits per heavy atom. The zero-order valence-electron chi connectivity index (χ0n) is 10.3. The number of hydrogen-bond donors (Lipinski definition) is 2. The largest absolute Gasteiger partial charge is 0.489 e. The predicted molar refractivity (Wildman–Crippen MR) is 67.2 cm³/mol. The van der Waals surface area contributed by atoms with Gasteiger partial charge in [-0.05, 0) is 32.4 Å². The Morgan fingerprint density at radius 1 is 1.41 bits per heavy atom. The number of aliphatic hydroxyl groups is 1. The summed E-state index contributed by atoms with van der Waals surface area (Å²) in [5, 5.41) is 11.4. The van der Waals surface area contributed by atoms with Crippen LogP contribution < -0.4 is 10.1 Å². The van der Waals surface area contributed by atoms with Crippen molar-refractivity contribution < 1.29 is 14.6 Å². The van der Waals surface area contributed by atoms with Crippen LogP contribution >= 0.6 is 0 Å². The summed E-state index contributed by atoms with van der Waals surface area (Å²) in [6.45, 7) is 3.90. The summed E-state index contributed by atoms with van der Waals surface area (Å²) in [5.74, 6) is 0.554. The Hall–Kier alpha value is -1.55. The van der Waals surface area contributed by atoms with Gasteiger partial charge in [-0.3, -0.25) is 4.79 Å². The summed E-state index contributed by atoms with van der Waals surface area (Å²) in [5.41, 5.74) is 0.670. The minimum Gasteiger partial charge on any atom is -0.489 e. The van der Waals surface area contributed by atoms with Crippen molar-refractivity contribution in [2.24, 2.45) is 0 Å². The maximum Gasteiger partial charge on any atom is 0.224 e. The molecule has 1 aromatic carbocycles. The number of nitrogens with one attached hydrogen (secondary N) is 1. The van der Waals surface area contributed by atoms with E-state index < -0.39 is 0 Å². The number of carbonyl (C=O) groups excluding carboxylic acids is 1. The minimum absolute atomic E-state index is 0.0254. The Kier molecular flexibility index (Phi) is 5.49. The molecule has 0 bridgehead atoms. The van der Waals surface area contributed by atoms with E-state index in [0.29, 0.717) is 24.3 Å². The van der Waals surface area contributed by atoms with Gasteiger partial charge in [-0.1, -0.05) is 12.1 Å². The maximum atomic E-state index is 11.5. The third-order valence-electron chi connectivity index (χ3n) is 2.09. The van der Waals surface area contributed by atoms with Crippen molar-refractivity contribution in [2.75, 3.05) is 11.9 Å². The number of benzene rings is 1. The highest BCUT2D eigenvalue weighted by Crippen LogP contribution is 2.24. The van der Waals surface area contributed by atoms with E-state index in [-0.39, 0.29) is 18.6 Å². The fourth-order valence-electron chi connectivity index (χ4n) is 1.38. The van der Waals surface area contributed by atoms with Crippen molar-refractivity contribution in [3.63, 3.8) is 0 Å². The van der Waals surface area contributed by atoms with Crippen LogP contribution in [0.4, 0.5) is 5.69 Å². The van der Waals surface area contributed by atoms with E-state index in [1.54, 1.807) is 6.07 Å². The molecule has 0 atom stereocenters. The third kappa shape index (κ3) is 4.87. The molecule has 1 amide bonds. The summed E-state index contributed by atoms with van der Waals surface area (Å²) in [6, 6.07) is 7.33. The first-order valence-corrected chi connectivity index (χ1v) is 5.80. The van der Waals surface area contributed by atoms with E-state index >= 15 is 0 Å². The first-order chi connectivity index (χ1) is 8.13.